The van der Waals surface area contributed by atoms with E-state index in [0.717, 1.165) is 33.8 Å². The Hall–Kier alpha value is -0.990. The van der Waals surface area contributed by atoms with Crippen LogP contribution in [0.4, 0.5) is 0 Å². The Morgan fingerprint density at radius 3 is 2.46 bits per heavy atom. The molecule has 24 heavy (non-hydrogen) atoms. The second-order valence-electron chi connectivity index (χ2n) is 6.91. The molecule has 0 aliphatic heterocycles. The van der Waals surface area contributed by atoms with E-state index in [1.54, 1.807) is 0 Å². The fourth-order valence-corrected chi connectivity index (χ4v) is 4.16. The van der Waals surface area contributed by atoms with E-state index in [1.165, 1.54) is 37.7 Å². The lowest BCUT2D eigenvalue weighted by molar-refractivity contribution is 0.144. The predicted octanol–water partition coefficient (Wildman–Crippen LogP) is 7.04. The molecule has 3 rings (SSSR count). The lowest BCUT2D eigenvalue weighted by Crippen LogP contribution is -2.24. The normalized spacial score (nSPS) is 16.3. The van der Waals surface area contributed by atoms with E-state index in [9.17, 15) is 0 Å². The van der Waals surface area contributed by atoms with Crippen molar-refractivity contribution < 1.29 is 4.74 Å². The van der Waals surface area contributed by atoms with Gasteiger partial charge in [-0.05, 0) is 67.1 Å². The van der Waals surface area contributed by atoms with E-state index in [-0.39, 0.29) is 0 Å². The Bertz CT molecular complexity index is 675. The topological polar surface area (TPSA) is 9.23 Å². The molecule has 0 atom stereocenters. The van der Waals surface area contributed by atoms with Crippen molar-refractivity contribution in [1.29, 1.82) is 0 Å². The van der Waals surface area contributed by atoms with Crippen LogP contribution in [0.15, 0.2) is 46.9 Å². The lowest BCUT2D eigenvalue weighted by Gasteiger charge is -2.27. The molecule has 1 nitrogen and oxygen atoms in total. The Morgan fingerprint density at radius 1 is 1.08 bits per heavy atom. The highest BCUT2D eigenvalue weighted by Crippen LogP contribution is 2.41. The highest BCUT2D eigenvalue weighted by molar-refractivity contribution is 9.10. The van der Waals surface area contributed by atoms with E-state index in [1.807, 2.05) is 12.1 Å². The van der Waals surface area contributed by atoms with Gasteiger partial charge in [-0.2, -0.15) is 0 Å². The number of halogens is 2. The Morgan fingerprint density at radius 2 is 1.79 bits per heavy atom. The van der Waals surface area contributed by atoms with Crippen molar-refractivity contribution >= 4 is 27.5 Å². The van der Waals surface area contributed by atoms with Crippen LogP contribution in [-0.4, -0.2) is 6.61 Å². The molecule has 0 heterocycles. The quantitative estimate of drug-likeness (QED) is 0.499. The summed E-state index contributed by atoms with van der Waals surface area (Å²) in [6.45, 7) is 3.14. The molecule has 2 aromatic carbocycles. The summed E-state index contributed by atoms with van der Waals surface area (Å²) in [6, 6.07) is 14.4. The third-order valence-electron chi connectivity index (χ3n) is 5.28. The van der Waals surface area contributed by atoms with Crippen LogP contribution < -0.4 is 4.74 Å². The number of ether oxygens (including phenoxy) is 1. The van der Waals surface area contributed by atoms with Crippen LogP contribution in [0.2, 0.25) is 5.02 Å². The molecule has 1 aliphatic carbocycles. The number of rotatable bonds is 6. The van der Waals surface area contributed by atoms with Gasteiger partial charge in [0.2, 0.25) is 0 Å². The summed E-state index contributed by atoms with van der Waals surface area (Å²) in [5, 5.41) is 0.810. The van der Waals surface area contributed by atoms with Gasteiger partial charge in [0.15, 0.2) is 0 Å². The first-order chi connectivity index (χ1) is 11.6. The molecular weight excluding hydrogens is 384 g/mol. The third kappa shape index (κ3) is 4.34. The Kier molecular flexibility index (Phi) is 5.89. The van der Waals surface area contributed by atoms with Crippen molar-refractivity contribution in [2.75, 3.05) is 6.61 Å². The molecule has 128 valence electrons. The molecule has 0 amide bonds. The number of benzene rings is 2. The number of hydrogen-bond acceptors (Lipinski definition) is 1. The Labute approximate surface area is 158 Å². The van der Waals surface area contributed by atoms with Crippen LogP contribution in [0.1, 0.15) is 50.2 Å². The van der Waals surface area contributed by atoms with Crippen LogP contribution in [0.3, 0.4) is 0 Å². The minimum absolute atomic E-state index is 0.405. The largest absolute Gasteiger partial charge is 0.493 e. The van der Waals surface area contributed by atoms with Crippen LogP contribution >= 0.6 is 27.5 Å². The fourth-order valence-electron chi connectivity index (χ4n) is 3.56. The number of hydrogen-bond donors (Lipinski definition) is 0. The molecule has 0 spiro atoms. The van der Waals surface area contributed by atoms with Crippen molar-refractivity contribution in [3.63, 3.8) is 0 Å². The van der Waals surface area contributed by atoms with Crippen molar-refractivity contribution in [3.05, 3.63) is 63.1 Å². The van der Waals surface area contributed by atoms with Crippen LogP contribution in [0.5, 0.6) is 5.75 Å². The van der Waals surface area contributed by atoms with Crippen molar-refractivity contribution in [3.8, 4) is 5.75 Å². The molecule has 2 aromatic rings. The van der Waals surface area contributed by atoms with Gasteiger partial charge >= 0.3 is 0 Å². The van der Waals surface area contributed by atoms with E-state index in [2.05, 4.69) is 53.2 Å². The van der Waals surface area contributed by atoms with Crippen LogP contribution in [0.25, 0.3) is 0 Å². The second-order valence-corrected chi connectivity index (χ2v) is 8.23. The second kappa shape index (κ2) is 7.93. The molecule has 0 unspecified atom stereocenters. The molecule has 0 N–H and O–H groups in total. The van der Waals surface area contributed by atoms with Gasteiger partial charge < -0.3 is 4.74 Å². The van der Waals surface area contributed by atoms with E-state index >= 15 is 0 Å². The summed E-state index contributed by atoms with van der Waals surface area (Å²) in [5.74, 6) is 0.971. The average Bonchev–Trinajstić information content (AvgIpc) is 3.07. The summed E-state index contributed by atoms with van der Waals surface area (Å²) in [5.41, 5.74) is 2.78. The van der Waals surface area contributed by atoms with Gasteiger partial charge in [-0.1, -0.05) is 59.4 Å². The van der Waals surface area contributed by atoms with E-state index in [4.69, 9.17) is 16.3 Å². The molecule has 1 aliphatic rings. The molecule has 0 saturated heterocycles. The molecule has 1 fully saturated rings. The molecule has 0 radical (unpaired) electrons. The highest BCUT2D eigenvalue weighted by Gasteiger charge is 2.32. The molecule has 0 aromatic heterocycles. The predicted molar refractivity (Wildman–Crippen MR) is 105 cm³/mol. The van der Waals surface area contributed by atoms with Gasteiger partial charge in [0, 0.05) is 14.9 Å². The maximum atomic E-state index is 6.29. The van der Waals surface area contributed by atoms with Crippen molar-refractivity contribution in [2.24, 2.45) is 5.41 Å². The maximum absolute atomic E-state index is 6.29. The highest BCUT2D eigenvalue weighted by atomic mass is 79.9. The first-order valence-corrected chi connectivity index (χ1v) is 9.93. The van der Waals surface area contributed by atoms with Crippen molar-refractivity contribution in [1.82, 2.24) is 0 Å². The zero-order chi connectivity index (χ0) is 17.0. The van der Waals surface area contributed by atoms with Gasteiger partial charge in [0.05, 0.1) is 6.61 Å². The maximum Gasteiger partial charge on any atom is 0.119 e. The summed E-state index contributed by atoms with van der Waals surface area (Å²) in [7, 11) is 0. The summed E-state index contributed by atoms with van der Waals surface area (Å²) < 4.78 is 7.16. The summed E-state index contributed by atoms with van der Waals surface area (Å²) in [4.78, 5) is 0. The van der Waals surface area contributed by atoms with Gasteiger partial charge in [0.1, 0.15) is 5.75 Å². The average molecular weight is 408 g/mol. The molecule has 3 heteroatoms. The standard InChI is InChI=1S/C21H24BrClO/c1-2-21(11-3-4-12-21)15-24-19-8-5-16(6-9-19)13-17-14-18(22)7-10-20(17)23/h5-10,14H,2-4,11-13,15H2,1H3. The summed E-state index contributed by atoms with van der Waals surface area (Å²) in [6.07, 6.45) is 7.36. The first kappa shape index (κ1) is 17.8. The van der Waals surface area contributed by atoms with E-state index < -0.39 is 0 Å². The SMILES string of the molecule is CCC1(COc2ccc(Cc3cc(Br)ccc3Cl)cc2)CCCC1. The fraction of sp³-hybridized carbons (Fsp3) is 0.429. The third-order valence-corrected chi connectivity index (χ3v) is 6.15. The van der Waals surface area contributed by atoms with E-state index in [0.29, 0.717) is 5.41 Å². The first-order valence-electron chi connectivity index (χ1n) is 8.76. The Balaban J connectivity index is 1.62. The van der Waals surface area contributed by atoms with Gasteiger partial charge in [-0.15, -0.1) is 0 Å². The molecule has 0 bridgehead atoms. The minimum Gasteiger partial charge on any atom is -0.493 e. The minimum atomic E-state index is 0.405. The molecule has 1 saturated carbocycles. The lowest BCUT2D eigenvalue weighted by atomic mass is 9.84. The zero-order valence-corrected chi connectivity index (χ0v) is 16.5. The van der Waals surface area contributed by atoms with Gasteiger partial charge in [-0.25, -0.2) is 0 Å². The zero-order valence-electron chi connectivity index (χ0n) is 14.2. The van der Waals surface area contributed by atoms with Crippen LogP contribution in [0, 0.1) is 5.41 Å². The summed E-state index contributed by atoms with van der Waals surface area (Å²) >= 11 is 9.79. The van der Waals surface area contributed by atoms with Gasteiger partial charge in [0.25, 0.3) is 0 Å². The van der Waals surface area contributed by atoms with Crippen LogP contribution in [-0.2, 0) is 6.42 Å². The monoisotopic (exact) mass is 406 g/mol. The van der Waals surface area contributed by atoms with Gasteiger partial charge in [-0.3, -0.25) is 0 Å². The smallest absolute Gasteiger partial charge is 0.119 e. The van der Waals surface area contributed by atoms with Crippen molar-refractivity contribution in [2.45, 2.75) is 45.4 Å². The molecular formula is C21H24BrClO.